The number of carbonyl (C=O) groups is 1. The predicted octanol–water partition coefficient (Wildman–Crippen LogP) is 1.97. The van der Waals surface area contributed by atoms with Crippen LogP contribution in [-0.2, 0) is 14.8 Å². The van der Waals surface area contributed by atoms with Gasteiger partial charge in [-0.15, -0.1) is 4.40 Å². The predicted molar refractivity (Wildman–Crippen MR) is 101 cm³/mol. The van der Waals surface area contributed by atoms with Crippen LogP contribution < -0.4 is 14.8 Å². The van der Waals surface area contributed by atoms with Gasteiger partial charge in [0, 0.05) is 23.9 Å². The third kappa shape index (κ3) is 2.70. The van der Waals surface area contributed by atoms with Crippen molar-refractivity contribution in [3.05, 3.63) is 48.0 Å². The summed E-state index contributed by atoms with van der Waals surface area (Å²) in [6, 6.07) is 11.4. The first-order valence-electron chi connectivity index (χ1n) is 8.94. The van der Waals surface area contributed by atoms with Crippen LogP contribution in [0.1, 0.15) is 18.4 Å². The van der Waals surface area contributed by atoms with Gasteiger partial charge >= 0.3 is 0 Å². The second kappa shape index (κ2) is 6.23. The van der Waals surface area contributed by atoms with E-state index in [-0.39, 0.29) is 17.6 Å². The third-order valence-electron chi connectivity index (χ3n) is 5.08. The van der Waals surface area contributed by atoms with Crippen molar-refractivity contribution in [2.75, 3.05) is 18.7 Å². The van der Waals surface area contributed by atoms with E-state index in [0.717, 1.165) is 6.42 Å². The Hall–Kier alpha value is -3.07. The molecule has 1 fully saturated rings. The Bertz CT molecular complexity index is 1110. The molecule has 5 rings (SSSR count). The number of nitrogens with one attached hydrogen (secondary N) is 1. The van der Waals surface area contributed by atoms with E-state index in [0.29, 0.717) is 41.6 Å². The zero-order chi connectivity index (χ0) is 19.3. The number of anilines is 1. The van der Waals surface area contributed by atoms with E-state index < -0.39 is 16.1 Å². The summed E-state index contributed by atoms with van der Waals surface area (Å²) in [7, 11) is -3.72. The maximum Gasteiger partial charge on any atom is 0.285 e. The first-order valence-corrected chi connectivity index (χ1v) is 10.4. The summed E-state index contributed by atoms with van der Waals surface area (Å²) in [6.07, 6.45) is 1.40. The zero-order valence-electron chi connectivity index (χ0n) is 14.8. The molecular formula is C19H17N3O5S. The van der Waals surface area contributed by atoms with Crippen LogP contribution in [0.3, 0.4) is 0 Å². The fraction of sp³-hybridized carbons (Fsp3) is 0.263. The normalized spacial score (nSPS) is 21.4. The summed E-state index contributed by atoms with van der Waals surface area (Å²) in [5, 5.41) is 2.89. The average molecular weight is 399 g/mol. The molecule has 1 saturated heterocycles. The van der Waals surface area contributed by atoms with Crippen LogP contribution in [0.25, 0.3) is 0 Å². The molecule has 0 aromatic heterocycles. The van der Waals surface area contributed by atoms with Crippen LogP contribution >= 0.6 is 0 Å². The van der Waals surface area contributed by atoms with Gasteiger partial charge in [-0.3, -0.25) is 4.79 Å². The van der Waals surface area contributed by atoms with Crippen LogP contribution in [-0.4, -0.2) is 44.4 Å². The molecule has 28 heavy (non-hydrogen) atoms. The van der Waals surface area contributed by atoms with Gasteiger partial charge in [0.15, 0.2) is 17.3 Å². The van der Waals surface area contributed by atoms with E-state index in [1.807, 2.05) is 0 Å². The molecule has 144 valence electrons. The summed E-state index contributed by atoms with van der Waals surface area (Å²) in [5.41, 5.74) is 1.15. The molecule has 1 atom stereocenters. The van der Waals surface area contributed by atoms with Crippen molar-refractivity contribution in [3.8, 4) is 11.5 Å². The molecule has 3 heterocycles. The maximum atomic E-state index is 12.9. The monoisotopic (exact) mass is 399 g/mol. The summed E-state index contributed by atoms with van der Waals surface area (Å²) in [6.45, 7) is 0.735. The van der Waals surface area contributed by atoms with Gasteiger partial charge in [0.2, 0.25) is 12.7 Å². The molecule has 0 spiro atoms. The van der Waals surface area contributed by atoms with Crippen molar-refractivity contribution >= 4 is 27.5 Å². The molecule has 9 heteroatoms. The maximum absolute atomic E-state index is 12.9. The lowest BCUT2D eigenvalue weighted by atomic mass is 10.1. The topological polar surface area (TPSA) is 97.3 Å². The molecule has 2 aromatic carbocycles. The summed E-state index contributed by atoms with van der Waals surface area (Å²) in [4.78, 5) is 14.9. The number of amidine groups is 1. The SMILES string of the molecule is O=C(Nc1ccc2c(c1)OCO2)[C@@H]1CCCN1C1=NS(=O)(=O)c2ccccc21. The van der Waals surface area contributed by atoms with Gasteiger partial charge in [0.05, 0.1) is 0 Å². The highest BCUT2D eigenvalue weighted by atomic mass is 32.2. The van der Waals surface area contributed by atoms with Crippen molar-refractivity contribution in [1.82, 2.24) is 4.90 Å². The first kappa shape index (κ1) is 17.1. The Morgan fingerprint density at radius 1 is 1.14 bits per heavy atom. The van der Waals surface area contributed by atoms with Gasteiger partial charge in [-0.05, 0) is 37.1 Å². The highest BCUT2D eigenvalue weighted by Gasteiger charge is 2.39. The molecule has 0 bridgehead atoms. The molecule has 0 saturated carbocycles. The smallest absolute Gasteiger partial charge is 0.285 e. The highest BCUT2D eigenvalue weighted by Crippen LogP contribution is 2.35. The Balaban J connectivity index is 1.41. The number of amides is 1. The molecule has 0 radical (unpaired) electrons. The van der Waals surface area contributed by atoms with E-state index >= 15 is 0 Å². The number of ether oxygens (including phenoxy) is 2. The number of hydrogen-bond donors (Lipinski definition) is 1. The minimum atomic E-state index is -3.72. The lowest BCUT2D eigenvalue weighted by Gasteiger charge is -2.25. The van der Waals surface area contributed by atoms with Gasteiger partial charge in [0.1, 0.15) is 10.9 Å². The van der Waals surface area contributed by atoms with Crippen molar-refractivity contribution < 1.29 is 22.7 Å². The van der Waals surface area contributed by atoms with Crippen LogP contribution in [0.5, 0.6) is 11.5 Å². The molecule has 2 aromatic rings. The third-order valence-corrected chi connectivity index (χ3v) is 6.41. The lowest BCUT2D eigenvalue weighted by Crippen LogP contribution is -2.43. The molecule has 0 unspecified atom stereocenters. The Labute approximate surface area is 161 Å². The van der Waals surface area contributed by atoms with E-state index in [2.05, 4.69) is 9.71 Å². The van der Waals surface area contributed by atoms with Crippen molar-refractivity contribution in [3.63, 3.8) is 0 Å². The standard InChI is InChI=1S/C19H17N3O5S/c23-19(20-12-7-8-15-16(10-12)27-11-26-15)14-5-3-9-22(14)18-13-4-1-2-6-17(13)28(24,25)21-18/h1-2,4,6-8,10,14H,3,5,9,11H2,(H,20,23)/t14-/m0/s1. The van der Waals surface area contributed by atoms with E-state index in [1.54, 1.807) is 47.4 Å². The summed E-state index contributed by atoms with van der Waals surface area (Å²) >= 11 is 0. The van der Waals surface area contributed by atoms with Gasteiger partial charge in [-0.1, -0.05) is 12.1 Å². The number of carbonyl (C=O) groups excluding carboxylic acids is 1. The Kier molecular flexibility index (Phi) is 3.80. The van der Waals surface area contributed by atoms with Crippen LogP contribution in [0.15, 0.2) is 51.8 Å². The van der Waals surface area contributed by atoms with Gasteiger partial charge in [-0.2, -0.15) is 8.42 Å². The van der Waals surface area contributed by atoms with Crippen LogP contribution in [0.4, 0.5) is 5.69 Å². The number of sulfonamides is 1. The largest absolute Gasteiger partial charge is 0.454 e. The highest BCUT2D eigenvalue weighted by molar-refractivity contribution is 7.90. The molecule has 1 amide bonds. The van der Waals surface area contributed by atoms with Gasteiger partial charge in [-0.25, -0.2) is 0 Å². The van der Waals surface area contributed by atoms with Gasteiger partial charge < -0.3 is 19.7 Å². The summed E-state index contributed by atoms with van der Waals surface area (Å²) < 4.78 is 39.3. The van der Waals surface area contributed by atoms with Crippen molar-refractivity contribution in [2.24, 2.45) is 4.40 Å². The van der Waals surface area contributed by atoms with Crippen LogP contribution in [0, 0.1) is 0 Å². The number of hydrogen-bond acceptors (Lipinski definition) is 6. The zero-order valence-corrected chi connectivity index (χ0v) is 15.6. The second-order valence-corrected chi connectivity index (χ2v) is 8.37. The number of benzene rings is 2. The minimum absolute atomic E-state index is 0.164. The Morgan fingerprint density at radius 3 is 2.86 bits per heavy atom. The number of likely N-dealkylation sites (tertiary alicyclic amines) is 1. The van der Waals surface area contributed by atoms with Crippen LogP contribution in [0.2, 0.25) is 0 Å². The van der Waals surface area contributed by atoms with Crippen molar-refractivity contribution in [2.45, 2.75) is 23.8 Å². The molecule has 0 aliphatic carbocycles. The Morgan fingerprint density at radius 2 is 1.96 bits per heavy atom. The van der Waals surface area contributed by atoms with Gasteiger partial charge in [0.25, 0.3) is 10.0 Å². The van der Waals surface area contributed by atoms with Crippen molar-refractivity contribution in [1.29, 1.82) is 0 Å². The first-order chi connectivity index (χ1) is 13.5. The minimum Gasteiger partial charge on any atom is -0.454 e. The second-order valence-electron chi connectivity index (χ2n) is 6.79. The van der Waals surface area contributed by atoms with E-state index in [4.69, 9.17) is 9.47 Å². The molecule has 3 aliphatic heterocycles. The van der Waals surface area contributed by atoms with E-state index in [9.17, 15) is 13.2 Å². The molecular weight excluding hydrogens is 382 g/mol. The number of nitrogens with zero attached hydrogens (tertiary/aromatic N) is 2. The molecule has 8 nitrogen and oxygen atoms in total. The quantitative estimate of drug-likeness (QED) is 0.829. The summed E-state index contributed by atoms with van der Waals surface area (Å²) in [5.74, 6) is 1.36. The molecule has 3 aliphatic rings. The number of rotatable bonds is 2. The lowest BCUT2D eigenvalue weighted by molar-refractivity contribution is -0.119. The average Bonchev–Trinajstić information content (AvgIpc) is 3.39. The fourth-order valence-corrected chi connectivity index (χ4v) is 5.01. The fourth-order valence-electron chi connectivity index (χ4n) is 3.79. The van der Waals surface area contributed by atoms with E-state index in [1.165, 1.54) is 0 Å². The number of fused-ring (bicyclic) bond motifs is 2. The molecule has 1 N–H and O–H groups in total.